The van der Waals surface area contributed by atoms with Crippen LogP contribution in [-0.2, 0) is 20.9 Å². The number of rotatable bonds is 9. The quantitative estimate of drug-likeness (QED) is 0.443. The van der Waals surface area contributed by atoms with Gasteiger partial charge in [-0.05, 0) is 30.2 Å². The molecule has 0 saturated carbocycles. The molecule has 1 fully saturated rings. The number of amidine groups is 1. The maximum Gasteiger partial charge on any atom is 0.322 e. The summed E-state index contributed by atoms with van der Waals surface area (Å²) in [5.74, 6) is -1.43. The van der Waals surface area contributed by atoms with Gasteiger partial charge < -0.3 is 14.8 Å². The van der Waals surface area contributed by atoms with Gasteiger partial charge in [-0.25, -0.2) is 0 Å². The first kappa shape index (κ1) is 23.0. The first-order valence-electron chi connectivity index (χ1n) is 9.75. The minimum atomic E-state index is -1.15. The van der Waals surface area contributed by atoms with Gasteiger partial charge in [0.1, 0.15) is 17.6 Å². The zero-order chi connectivity index (χ0) is 22.9. The molecule has 0 spiro atoms. The van der Waals surface area contributed by atoms with Gasteiger partial charge in [-0.15, -0.1) is 5.10 Å². The molecule has 1 aliphatic heterocycles. The summed E-state index contributed by atoms with van der Waals surface area (Å²) in [4.78, 5) is 36.9. The molecule has 2 aromatic rings. The Morgan fingerprint density at radius 3 is 2.72 bits per heavy atom. The minimum Gasteiger partial charge on any atom is -0.480 e. The molecule has 1 unspecified atom stereocenters. The van der Waals surface area contributed by atoms with Crippen LogP contribution in [0.15, 0.2) is 68.9 Å². The van der Waals surface area contributed by atoms with Crippen LogP contribution in [0.3, 0.4) is 0 Å². The molecule has 1 saturated heterocycles. The van der Waals surface area contributed by atoms with Crippen LogP contribution in [0, 0.1) is 0 Å². The standard InChI is InChI=1S/C22H22N4O5S/c1-15(10-16-6-3-2-4-7-16)12-24-25-22-26(14-17-8-5-9-31-17)21(30)18(32-22)11-19(27)23-13-20(28)29/h2-10,12,18H,11,13-14H2,1H3,(H,23,27)(H,28,29)/b15-10+,24-12+,25-22-. The maximum absolute atomic E-state index is 12.9. The highest BCUT2D eigenvalue weighted by Crippen LogP contribution is 2.31. The van der Waals surface area contributed by atoms with Gasteiger partial charge >= 0.3 is 5.97 Å². The lowest BCUT2D eigenvalue weighted by molar-refractivity contribution is -0.138. The summed E-state index contributed by atoms with van der Waals surface area (Å²) in [6, 6.07) is 13.2. The molecule has 0 radical (unpaired) electrons. The van der Waals surface area contributed by atoms with E-state index in [2.05, 4.69) is 15.5 Å². The van der Waals surface area contributed by atoms with Crippen molar-refractivity contribution in [2.45, 2.75) is 25.1 Å². The van der Waals surface area contributed by atoms with E-state index >= 15 is 0 Å². The Balaban J connectivity index is 1.73. The number of thioether (sulfide) groups is 1. The number of carboxylic acids is 1. The summed E-state index contributed by atoms with van der Waals surface area (Å²) >= 11 is 1.11. The predicted molar refractivity (Wildman–Crippen MR) is 122 cm³/mol. The van der Waals surface area contributed by atoms with Gasteiger partial charge in [-0.1, -0.05) is 48.2 Å². The Hall–Kier alpha value is -3.66. The average molecular weight is 455 g/mol. The van der Waals surface area contributed by atoms with Gasteiger partial charge in [-0.3, -0.25) is 19.3 Å². The second kappa shape index (κ2) is 11.1. The topological polar surface area (TPSA) is 125 Å². The molecular weight excluding hydrogens is 432 g/mol. The van der Waals surface area contributed by atoms with Crippen LogP contribution in [-0.4, -0.2) is 51.0 Å². The van der Waals surface area contributed by atoms with Crippen molar-refractivity contribution >= 4 is 47.0 Å². The molecule has 2 N–H and O–H groups in total. The number of amides is 2. The van der Waals surface area contributed by atoms with Gasteiger partial charge in [0.15, 0.2) is 5.17 Å². The third-order valence-electron chi connectivity index (χ3n) is 4.32. The molecule has 0 bridgehead atoms. The number of hydrogen-bond acceptors (Lipinski definition) is 7. The van der Waals surface area contributed by atoms with Gasteiger partial charge in [0.2, 0.25) is 11.8 Å². The molecule has 32 heavy (non-hydrogen) atoms. The van der Waals surface area contributed by atoms with E-state index in [1.165, 1.54) is 11.2 Å². The van der Waals surface area contributed by atoms with Crippen molar-refractivity contribution < 1.29 is 23.9 Å². The fourth-order valence-corrected chi connectivity index (χ4v) is 3.95. The number of allylic oxidation sites excluding steroid dienone is 1. The highest BCUT2D eigenvalue weighted by atomic mass is 32.2. The van der Waals surface area contributed by atoms with E-state index < -0.39 is 23.7 Å². The highest BCUT2D eigenvalue weighted by Gasteiger charge is 2.39. The molecule has 2 heterocycles. The number of carbonyl (C=O) groups is 3. The molecule has 1 aliphatic rings. The van der Waals surface area contributed by atoms with E-state index in [-0.39, 0.29) is 18.9 Å². The summed E-state index contributed by atoms with van der Waals surface area (Å²) in [6.45, 7) is 1.54. The molecular formula is C22H22N4O5S. The lowest BCUT2D eigenvalue weighted by Gasteiger charge is -2.14. The molecule has 10 heteroatoms. The number of nitrogens with one attached hydrogen (secondary N) is 1. The normalized spacial score (nSPS) is 18.0. The maximum atomic E-state index is 12.9. The SMILES string of the molecule is CC(/C=N/N=C1\SC(CC(=O)NCC(=O)O)C(=O)N1Cc1ccco1)=C\c1ccccc1. The third kappa shape index (κ3) is 6.67. The van der Waals surface area contributed by atoms with Crippen molar-refractivity contribution in [3.05, 3.63) is 65.6 Å². The first-order chi connectivity index (χ1) is 15.4. The molecule has 1 atom stereocenters. The first-order valence-corrected chi connectivity index (χ1v) is 10.6. The second-order valence-electron chi connectivity index (χ2n) is 6.91. The van der Waals surface area contributed by atoms with E-state index in [1.807, 2.05) is 43.3 Å². The number of benzene rings is 1. The fraction of sp³-hybridized carbons (Fsp3) is 0.227. The number of carboxylic acid groups (broad SMARTS) is 1. The summed E-state index contributed by atoms with van der Waals surface area (Å²) in [7, 11) is 0. The van der Waals surface area contributed by atoms with E-state index in [9.17, 15) is 14.4 Å². The average Bonchev–Trinajstić information content (AvgIpc) is 3.37. The van der Waals surface area contributed by atoms with E-state index in [1.54, 1.807) is 18.3 Å². The van der Waals surface area contributed by atoms with Gasteiger partial charge in [0.25, 0.3) is 0 Å². The van der Waals surface area contributed by atoms with Crippen molar-refractivity contribution in [1.29, 1.82) is 0 Å². The van der Waals surface area contributed by atoms with Crippen molar-refractivity contribution in [2.24, 2.45) is 10.2 Å². The van der Waals surface area contributed by atoms with Crippen molar-refractivity contribution in [3.8, 4) is 0 Å². The van der Waals surface area contributed by atoms with Crippen LogP contribution in [0.1, 0.15) is 24.7 Å². The summed E-state index contributed by atoms with van der Waals surface area (Å²) in [6.07, 6.45) is 4.88. The molecule has 0 aliphatic carbocycles. The van der Waals surface area contributed by atoms with Crippen LogP contribution < -0.4 is 5.32 Å². The van der Waals surface area contributed by atoms with Crippen molar-refractivity contribution in [1.82, 2.24) is 10.2 Å². The molecule has 3 rings (SSSR count). The third-order valence-corrected chi connectivity index (χ3v) is 5.49. The number of carbonyl (C=O) groups excluding carboxylic acids is 2. The summed E-state index contributed by atoms with van der Waals surface area (Å²) < 4.78 is 5.33. The molecule has 1 aromatic heterocycles. The number of hydrogen-bond donors (Lipinski definition) is 2. The van der Waals surface area contributed by atoms with Crippen molar-refractivity contribution in [3.63, 3.8) is 0 Å². The zero-order valence-electron chi connectivity index (χ0n) is 17.3. The van der Waals surface area contributed by atoms with Crippen LogP contribution in [0.4, 0.5) is 0 Å². The zero-order valence-corrected chi connectivity index (χ0v) is 18.1. The van der Waals surface area contributed by atoms with E-state index in [0.29, 0.717) is 10.9 Å². The largest absolute Gasteiger partial charge is 0.480 e. The lowest BCUT2D eigenvalue weighted by atomic mass is 10.1. The second-order valence-corrected chi connectivity index (χ2v) is 8.08. The summed E-state index contributed by atoms with van der Waals surface area (Å²) in [5.41, 5.74) is 1.90. The van der Waals surface area contributed by atoms with Crippen LogP contribution in [0.25, 0.3) is 6.08 Å². The number of aliphatic carboxylic acids is 1. The summed E-state index contributed by atoms with van der Waals surface area (Å²) in [5, 5.41) is 18.9. The Morgan fingerprint density at radius 2 is 2.03 bits per heavy atom. The smallest absolute Gasteiger partial charge is 0.322 e. The predicted octanol–water partition coefficient (Wildman–Crippen LogP) is 2.76. The lowest BCUT2D eigenvalue weighted by Crippen LogP contribution is -2.35. The van der Waals surface area contributed by atoms with Crippen LogP contribution in [0.2, 0.25) is 0 Å². The Labute approximate surface area is 188 Å². The molecule has 166 valence electrons. The minimum absolute atomic E-state index is 0.152. The van der Waals surface area contributed by atoms with Gasteiger partial charge in [0.05, 0.1) is 19.0 Å². The Bertz CT molecular complexity index is 1050. The fourth-order valence-electron chi connectivity index (χ4n) is 2.85. The molecule has 9 nitrogen and oxygen atoms in total. The monoisotopic (exact) mass is 454 g/mol. The Kier molecular flexibility index (Phi) is 7.98. The van der Waals surface area contributed by atoms with E-state index in [0.717, 1.165) is 22.9 Å². The van der Waals surface area contributed by atoms with Crippen LogP contribution >= 0.6 is 11.8 Å². The van der Waals surface area contributed by atoms with Crippen LogP contribution in [0.5, 0.6) is 0 Å². The molecule has 1 aromatic carbocycles. The van der Waals surface area contributed by atoms with E-state index in [4.69, 9.17) is 9.52 Å². The van der Waals surface area contributed by atoms with Crippen molar-refractivity contribution in [2.75, 3.05) is 6.54 Å². The highest BCUT2D eigenvalue weighted by molar-refractivity contribution is 8.15. The molecule has 2 amide bonds. The number of furan rings is 1. The van der Waals surface area contributed by atoms with Gasteiger partial charge in [0, 0.05) is 6.42 Å². The Morgan fingerprint density at radius 1 is 1.25 bits per heavy atom. The number of nitrogens with zero attached hydrogens (tertiary/aromatic N) is 3. The van der Waals surface area contributed by atoms with Gasteiger partial charge in [-0.2, -0.15) is 5.10 Å².